The van der Waals surface area contributed by atoms with Crippen molar-refractivity contribution in [2.45, 2.75) is 6.54 Å². The number of carbonyl (C=O) groups is 1. The first kappa shape index (κ1) is 10.1. The maximum Gasteiger partial charge on any atom is 0.248 e. The minimum absolute atomic E-state index is 0.0801. The van der Waals surface area contributed by atoms with Crippen LogP contribution in [-0.4, -0.2) is 30.6 Å². The van der Waals surface area contributed by atoms with Crippen molar-refractivity contribution in [3.8, 4) is 0 Å². The summed E-state index contributed by atoms with van der Waals surface area (Å²) in [6.45, 7) is 2.27. The summed E-state index contributed by atoms with van der Waals surface area (Å²) in [6, 6.07) is 2.00. The van der Waals surface area contributed by atoms with E-state index >= 15 is 0 Å². The SMILES string of the molecule is O=C1COCCN1Cc1sccc1Br. The number of carbonyl (C=O) groups excluding carboxylic acids is 1. The maximum atomic E-state index is 11.4. The monoisotopic (exact) mass is 275 g/mol. The lowest BCUT2D eigenvalue weighted by molar-refractivity contribution is -0.143. The van der Waals surface area contributed by atoms with Gasteiger partial charge in [0, 0.05) is 15.9 Å². The molecule has 0 atom stereocenters. The highest BCUT2D eigenvalue weighted by atomic mass is 79.9. The number of halogens is 1. The van der Waals surface area contributed by atoms with Crippen molar-refractivity contribution in [2.75, 3.05) is 19.8 Å². The van der Waals surface area contributed by atoms with Gasteiger partial charge < -0.3 is 9.64 Å². The van der Waals surface area contributed by atoms with Gasteiger partial charge in [-0.2, -0.15) is 0 Å². The molecule has 0 bridgehead atoms. The van der Waals surface area contributed by atoms with Crippen molar-refractivity contribution < 1.29 is 9.53 Å². The first-order chi connectivity index (χ1) is 6.77. The van der Waals surface area contributed by atoms with E-state index in [2.05, 4.69) is 15.9 Å². The number of rotatable bonds is 2. The van der Waals surface area contributed by atoms with Gasteiger partial charge in [0.1, 0.15) is 6.61 Å². The van der Waals surface area contributed by atoms with Gasteiger partial charge in [-0.1, -0.05) is 0 Å². The number of thiophene rings is 1. The van der Waals surface area contributed by atoms with E-state index in [9.17, 15) is 4.79 Å². The average Bonchev–Trinajstić information content (AvgIpc) is 2.56. The van der Waals surface area contributed by atoms with Gasteiger partial charge in [-0.15, -0.1) is 11.3 Å². The standard InChI is InChI=1S/C9H10BrNO2S/c10-7-1-4-14-8(7)5-11-2-3-13-6-9(11)12/h1,4H,2-3,5-6H2. The molecule has 1 aromatic heterocycles. The van der Waals surface area contributed by atoms with Gasteiger partial charge in [-0.3, -0.25) is 4.79 Å². The van der Waals surface area contributed by atoms with Crippen LogP contribution < -0.4 is 0 Å². The minimum atomic E-state index is 0.0801. The van der Waals surface area contributed by atoms with Crippen LogP contribution in [0.5, 0.6) is 0 Å². The average molecular weight is 276 g/mol. The molecule has 2 heterocycles. The lowest BCUT2D eigenvalue weighted by atomic mass is 10.3. The smallest absolute Gasteiger partial charge is 0.248 e. The molecule has 1 amide bonds. The van der Waals surface area contributed by atoms with Crippen LogP contribution in [0.2, 0.25) is 0 Å². The highest BCUT2D eigenvalue weighted by Crippen LogP contribution is 2.24. The molecule has 3 nitrogen and oxygen atoms in total. The Morgan fingerprint density at radius 2 is 2.50 bits per heavy atom. The van der Waals surface area contributed by atoms with Crippen molar-refractivity contribution in [3.63, 3.8) is 0 Å². The molecule has 14 heavy (non-hydrogen) atoms. The molecule has 5 heteroatoms. The van der Waals surface area contributed by atoms with Crippen molar-refractivity contribution in [1.82, 2.24) is 4.90 Å². The van der Waals surface area contributed by atoms with Gasteiger partial charge in [0.2, 0.25) is 5.91 Å². The molecular weight excluding hydrogens is 266 g/mol. The van der Waals surface area contributed by atoms with Crippen LogP contribution in [0.4, 0.5) is 0 Å². The van der Waals surface area contributed by atoms with Crippen molar-refractivity contribution >= 4 is 33.2 Å². The number of nitrogens with zero attached hydrogens (tertiary/aromatic N) is 1. The zero-order valence-corrected chi connectivity index (χ0v) is 9.94. The van der Waals surface area contributed by atoms with Crippen molar-refractivity contribution in [2.24, 2.45) is 0 Å². The Morgan fingerprint density at radius 1 is 1.64 bits per heavy atom. The Morgan fingerprint density at radius 3 is 3.14 bits per heavy atom. The van der Waals surface area contributed by atoms with Gasteiger partial charge in [0.25, 0.3) is 0 Å². The number of hydrogen-bond donors (Lipinski definition) is 0. The summed E-state index contributed by atoms with van der Waals surface area (Å²) in [6.07, 6.45) is 0. The first-order valence-corrected chi connectivity index (χ1v) is 6.02. The van der Waals surface area contributed by atoms with Gasteiger partial charge in [0.15, 0.2) is 0 Å². The first-order valence-electron chi connectivity index (χ1n) is 4.35. The highest BCUT2D eigenvalue weighted by Gasteiger charge is 2.19. The third kappa shape index (κ3) is 2.16. The second-order valence-electron chi connectivity index (χ2n) is 3.06. The molecule has 0 aromatic carbocycles. The predicted molar refractivity (Wildman–Crippen MR) is 58.3 cm³/mol. The Labute approximate surface area is 94.8 Å². The molecule has 1 fully saturated rings. The minimum Gasteiger partial charge on any atom is -0.370 e. The molecule has 1 saturated heterocycles. The Balaban J connectivity index is 2.03. The Bertz CT molecular complexity index is 339. The molecule has 1 aromatic rings. The van der Waals surface area contributed by atoms with Crippen molar-refractivity contribution in [1.29, 1.82) is 0 Å². The van der Waals surface area contributed by atoms with Crippen LogP contribution in [0.25, 0.3) is 0 Å². The van der Waals surface area contributed by atoms with E-state index in [0.29, 0.717) is 19.7 Å². The molecule has 0 radical (unpaired) electrons. The molecule has 1 aliphatic heterocycles. The zero-order valence-electron chi connectivity index (χ0n) is 7.53. The topological polar surface area (TPSA) is 29.5 Å². The summed E-state index contributed by atoms with van der Waals surface area (Å²) in [4.78, 5) is 14.5. The molecule has 2 rings (SSSR count). The zero-order chi connectivity index (χ0) is 9.97. The second kappa shape index (κ2) is 4.42. The van der Waals surface area contributed by atoms with E-state index in [1.165, 1.54) is 4.88 Å². The summed E-state index contributed by atoms with van der Waals surface area (Å²) < 4.78 is 6.15. The van der Waals surface area contributed by atoms with Crippen LogP contribution in [0, 0.1) is 0 Å². The van der Waals surface area contributed by atoms with Crippen LogP contribution in [-0.2, 0) is 16.1 Å². The fourth-order valence-electron chi connectivity index (χ4n) is 1.33. The van der Waals surface area contributed by atoms with E-state index in [1.54, 1.807) is 11.3 Å². The Hall–Kier alpha value is -0.390. The van der Waals surface area contributed by atoms with Crippen LogP contribution >= 0.6 is 27.3 Å². The van der Waals surface area contributed by atoms with Gasteiger partial charge in [-0.25, -0.2) is 0 Å². The Kier molecular flexibility index (Phi) is 3.20. The summed E-state index contributed by atoms with van der Waals surface area (Å²) in [7, 11) is 0. The third-order valence-electron chi connectivity index (χ3n) is 2.11. The molecule has 0 unspecified atom stereocenters. The summed E-state index contributed by atoms with van der Waals surface area (Å²) in [5.74, 6) is 0.0801. The third-order valence-corrected chi connectivity index (χ3v) is 4.02. The molecule has 0 N–H and O–H groups in total. The van der Waals surface area contributed by atoms with E-state index in [0.717, 1.165) is 4.47 Å². The number of ether oxygens (including phenoxy) is 1. The molecule has 1 aliphatic rings. The van der Waals surface area contributed by atoms with Gasteiger partial charge in [0.05, 0.1) is 13.2 Å². The van der Waals surface area contributed by atoms with Crippen molar-refractivity contribution in [3.05, 3.63) is 20.8 Å². The molecule has 0 aliphatic carbocycles. The highest BCUT2D eigenvalue weighted by molar-refractivity contribution is 9.10. The number of morpholine rings is 1. The largest absolute Gasteiger partial charge is 0.370 e. The van der Waals surface area contributed by atoms with Crippen LogP contribution in [0.15, 0.2) is 15.9 Å². The van der Waals surface area contributed by atoms with Gasteiger partial charge in [-0.05, 0) is 27.4 Å². The van der Waals surface area contributed by atoms with Gasteiger partial charge >= 0.3 is 0 Å². The quantitative estimate of drug-likeness (QED) is 0.825. The molecular formula is C9H10BrNO2S. The van der Waals surface area contributed by atoms with E-state index in [-0.39, 0.29) is 12.5 Å². The van der Waals surface area contributed by atoms with E-state index in [4.69, 9.17) is 4.74 Å². The molecule has 76 valence electrons. The second-order valence-corrected chi connectivity index (χ2v) is 4.91. The summed E-state index contributed by atoms with van der Waals surface area (Å²) in [5, 5.41) is 2.02. The number of hydrogen-bond acceptors (Lipinski definition) is 3. The maximum absolute atomic E-state index is 11.4. The van der Waals surface area contributed by atoms with E-state index in [1.807, 2.05) is 16.3 Å². The normalized spacial score (nSPS) is 17.5. The van der Waals surface area contributed by atoms with Crippen LogP contribution in [0.1, 0.15) is 4.88 Å². The fourth-order valence-corrected chi connectivity index (χ4v) is 2.82. The van der Waals surface area contributed by atoms with Crippen LogP contribution in [0.3, 0.4) is 0 Å². The summed E-state index contributed by atoms with van der Waals surface area (Å²) >= 11 is 5.12. The molecule has 0 spiro atoms. The lowest BCUT2D eigenvalue weighted by Gasteiger charge is -2.26. The fraction of sp³-hybridized carbons (Fsp3) is 0.444. The molecule has 0 saturated carbocycles. The van der Waals surface area contributed by atoms with E-state index < -0.39 is 0 Å². The summed E-state index contributed by atoms with van der Waals surface area (Å²) in [5.41, 5.74) is 0. The predicted octanol–water partition coefficient (Wildman–Crippen LogP) is 1.87. The lowest BCUT2D eigenvalue weighted by Crippen LogP contribution is -2.40. The number of amides is 1.